The minimum atomic E-state index is -0.190. The van der Waals surface area contributed by atoms with Gasteiger partial charge in [0.25, 0.3) is 0 Å². The van der Waals surface area contributed by atoms with Crippen molar-refractivity contribution in [3.63, 3.8) is 0 Å². The Balaban J connectivity index is 3.77. The molecule has 0 saturated heterocycles. The van der Waals surface area contributed by atoms with Crippen molar-refractivity contribution in [3.05, 3.63) is 0 Å². The third-order valence-electron chi connectivity index (χ3n) is 2.10. The third-order valence-corrected chi connectivity index (χ3v) is 2.10. The highest BCUT2D eigenvalue weighted by atomic mass is 16.6. The molecule has 0 N–H and O–H groups in total. The van der Waals surface area contributed by atoms with Gasteiger partial charge < -0.3 is 14.2 Å². The molecule has 0 heterocycles. The molecule has 18 heavy (non-hydrogen) atoms. The number of hydrogen-bond donors (Lipinski definition) is 0. The van der Waals surface area contributed by atoms with Gasteiger partial charge in [-0.05, 0) is 34.6 Å². The maximum absolute atomic E-state index is 11.3. The van der Waals surface area contributed by atoms with Crippen LogP contribution in [0, 0.1) is 5.92 Å². The van der Waals surface area contributed by atoms with Crippen LogP contribution in [0.15, 0.2) is 0 Å². The second kappa shape index (κ2) is 7.74. The number of rotatable bonds is 7. The Bertz CT molecular complexity index is 243. The van der Waals surface area contributed by atoms with E-state index in [0.29, 0.717) is 13.2 Å². The van der Waals surface area contributed by atoms with Crippen LogP contribution >= 0.6 is 0 Å². The lowest BCUT2D eigenvalue weighted by Gasteiger charge is -2.26. The van der Waals surface area contributed by atoms with E-state index in [9.17, 15) is 4.79 Å². The van der Waals surface area contributed by atoms with Gasteiger partial charge in [0, 0.05) is 0 Å². The first-order chi connectivity index (χ1) is 8.11. The predicted molar refractivity (Wildman–Crippen MR) is 71.5 cm³/mol. The van der Waals surface area contributed by atoms with Crippen molar-refractivity contribution in [1.82, 2.24) is 0 Å². The smallest absolute Gasteiger partial charge is 0.308 e. The zero-order valence-electron chi connectivity index (χ0n) is 12.8. The Morgan fingerprint density at radius 3 is 2.00 bits per heavy atom. The summed E-state index contributed by atoms with van der Waals surface area (Å²) >= 11 is 0. The number of hydrogen-bond acceptors (Lipinski definition) is 4. The molecular formula is C14H28O4. The lowest BCUT2D eigenvalue weighted by Crippen LogP contribution is -2.31. The maximum atomic E-state index is 11.3. The minimum absolute atomic E-state index is 0.0215. The Hall–Kier alpha value is -0.610. The van der Waals surface area contributed by atoms with Gasteiger partial charge in [-0.15, -0.1) is 0 Å². The molecule has 0 bridgehead atoms. The summed E-state index contributed by atoms with van der Waals surface area (Å²) in [4.78, 5) is 11.3. The van der Waals surface area contributed by atoms with Crippen molar-refractivity contribution in [1.29, 1.82) is 0 Å². The standard InChI is InChI=1S/C14H28O4/c1-10(2)13(15)17-8-11(3)16-9-12(4)18-14(5,6)7/h10-12H,8-9H2,1-7H3. The molecule has 0 fully saturated rings. The summed E-state index contributed by atoms with van der Waals surface area (Å²) in [5, 5.41) is 0. The monoisotopic (exact) mass is 260 g/mol. The molecule has 108 valence electrons. The first-order valence-electron chi connectivity index (χ1n) is 6.58. The van der Waals surface area contributed by atoms with Gasteiger partial charge in [0.05, 0.1) is 30.3 Å². The molecule has 0 rings (SSSR count). The molecule has 0 aliphatic carbocycles. The molecule has 0 saturated carbocycles. The van der Waals surface area contributed by atoms with E-state index in [1.54, 1.807) is 0 Å². The normalized spacial score (nSPS) is 15.6. The summed E-state index contributed by atoms with van der Waals surface area (Å²) in [6.07, 6.45) is -0.0908. The molecule has 0 aliphatic rings. The topological polar surface area (TPSA) is 44.8 Å². The van der Waals surface area contributed by atoms with Gasteiger partial charge in [-0.1, -0.05) is 13.8 Å². The fourth-order valence-electron chi connectivity index (χ4n) is 1.35. The van der Waals surface area contributed by atoms with Crippen LogP contribution in [-0.4, -0.2) is 37.0 Å². The van der Waals surface area contributed by atoms with Crippen LogP contribution in [0.25, 0.3) is 0 Å². The molecular weight excluding hydrogens is 232 g/mol. The molecule has 0 amide bonds. The third kappa shape index (κ3) is 9.42. The lowest BCUT2D eigenvalue weighted by molar-refractivity contribution is -0.153. The summed E-state index contributed by atoms with van der Waals surface area (Å²) < 4.78 is 16.4. The fraction of sp³-hybridized carbons (Fsp3) is 0.929. The highest BCUT2D eigenvalue weighted by molar-refractivity contribution is 5.71. The van der Waals surface area contributed by atoms with E-state index >= 15 is 0 Å². The summed E-state index contributed by atoms with van der Waals surface area (Å²) in [6, 6.07) is 0. The molecule has 0 aromatic rings. The average molecular weight is 260 g/mol. The largest absolute Gasteiger partial charge is 0.463 e. The SMILES string of the molecule is CC(COC(=O)C(C)C)OCC(C)OC(C)(C)C. The van der Waals surface area contributed by atoms with E-state index in [-0.39, 0.29) is 29.7 Å². The van der Waals surface area contributed by atoms with E-state index in [4.69, 9.17) is 14.2 Å². The minimum Gasteiger partial charge on any atom is -0.463 e. The van der Waals surface area contributed by atoms with Crippen molar-refractivity contribution in [2.24, 2.45) is 5.92 Å². The maximum Gasteiger partial charge on any atom is 0.308 e. The van der Waals surface area contributed by atoms with E-state index < -0.39 is 0 Å². The molecule has 2 atom stereocenters. The van der Waals surface area contributed by atoms with Gasteiger partial charge in [0.2, 0.25) is 0 Å². The Kier molecular flexibility index (Phi) is 7.48. The molecule has 0 aromatic heterocycles. The van der Waals surface area contributed by atoms with Crippen LogP contribution in [0.3, 0.4) is 0 Å². The molecule has 4 nitrogen and oxygen atoms in total. The number of carbonyl (C=O) groups is 1. The van der Waals surface area contributed by atoms with Gasteiger partial charge in [-0.2, -0.15) is 0 Å². The Morgan fingerprint density at radius 1 is 1.00 bits per heavy atom. The molecule has 0 spiro atoms. The summed E-state index contributed by atoms with van der Waals surface area (Å²) in [7, 11) is 0. The predicted octanol–water partition coefficient (Wildman–Crippen LogP) is 2.79. The van der Waals surface area contributed by atoms with Crippen LogP contribution in [-0.2, 0) is 19.0 Å². The molecule has 2 unspecified atom stereocenters. The second-order valence-corrected chi connectivity index (χ2v) is 5.97. The molecule has 0 radical (unpaired) electrons. The van der Waals surface area contributed by atoms with Crippen molar-refractivity contribution in [2.75, 3.05) is 13.2 Å². The van der Waals surface area contributed by atoms with Crippen LogP contribution in [0.4, 0.5) is 0 Å². The quantitative estimate of drug-likeness (QED) is 0.660. The number of esters is 1. The zero-order valence-corrected chi connectivity index (χ0v) is 12.8. The van der Waals surface area contributed by atoms with Crippen molar-refractivity contribution in [2.45, 2.75) is 66.3 Å². The zero-order chi connectivity index (χ0) is 14.3. The van der Waals surface area contributed by atoms with Crippen LogP contribution in [0.1, 0.15) is 48.5 Å². The summed E-state index contributed by atoms with van der Waals surface area (Å²) in [6.45, 7) is 14.3. The Morgan fingerprint density at radius 2 is 1.56 bits per heavy atom. The van der Waals surface area contributed by atoms with Crippen molar-refractivity contribution >= 4 is 5.97 Å². The van der Waals surface area contributed by atoms with E-state index in [0.717, 1.165) is 0 Å². The number of carbonyl (C=O) groups excluding carboxylic acids is 1. The summed E-state index contributed by atoms with van der Waals surface area (Å²) in [5.41, 5.74) is -0.171. The summed E-state index contributed by atoms with van der Waals surface area (Å²) in [5.74, 6) is -0.287. The molecule has 0 aromatic carbocycles. The second-order valence-electron chi connectivity index (χ2n) is 5.97. The van der Waals surface area contributed by atoms with Gasteiger partial charge in [0.15, 0.2) is 0 Å². The van der Waals surface area contributed by atoms with Gasteiger partial charge in [-0.25, -0.2) is 0 Å². The fourth-order valence-corrected chi connectivity index (χ4v) is 1.35. The molecule has 0 aliphatic heterocycles. The first-order valence-corrected chi connectivity index (χ1v) is 6.58. The highest BCUT2D eigenvalue weighted by Crippen LogP contribution is 2.11. The van der Waals surface area contributed by atoms with Crippen molar-refractivity contribution < 1.29 is 19.0 Å². The van der Waals surface area contributed by atoms with Gasteiger partial charge in [-0.3, -0.25) is 4.79 Å². The van der Waals surface area contributed by atoms with Gasteiger partial charge >= 0.3 is 5.97 Å². The van der Waals surface area contributed by atoms with Crippen LogP contribution < -0.4 is 0 Å². The van der Waals surface area contributed by atoms with E-state index in [1.807, 2.05) is 48.5 Å². The van der Waals surface area contributed by atoms with Crippen LogP contribution in [0.2, 0.25) is 0 Å². The highest BCUT2D eigenvalue weighted by Gasteiger charge is 2.17. The number of ether oxygens (including phenoxy) is 3. The lowest BCUT2D eigenvalue weighted by atomic mass is 10.2. The van der Waals surface area contributed by atoms with Crippen LogP contribution in [0.5, 0.6) is 0 Å². The first kappa shape index (κ1) is 17.4. The molecule has 4 heteroatoms. The van der Waals surface area contributed by atoms with E-state index in [1.165, 1.54) is 0 Å². The average Bonchev–Trinajstić information content (AvgIpc) is 2.20. The van der Waals surface area contributed by atoms with Crippen molar-refractivity contribution in [3.8, 4) is 0 Å². The van der Waals surface area contributed by atoms with Gasteiger partial charge in [0.1, 0.15) is 6.61 Å². The Labute approximate surface area is 111 Å². The van der Waals surface area contributed by atoms with E-state index in [2.05, 4.69) is 0 Å².